The van der Waals surface area contributed by atoms with Crippen LogP contribution >= 0.6 is 0 Å². The Hall–Kier alpha value is -3.68. The van der Waals surface area contributed by atoms with E-state index in [9.17, 15) is 18.0 Å². The van der Waals surface area contributed by atoms with Crippen LogP contribution in [0, 0.1) is 0 Å². The molecule has 4 rings (SSSR count). The van der Waals surface area contributed by atoms with Crippen LogP contribution in [0.5, 0.6) is 0 Å². The van der Waals surface area contributed by atoms with Crippen LogP contribution in [0.25, 0.3) is 22.4 Å². The molecule has 146 valence electrons. The largest absolute Gasteiger partial charge is 0.418 e. The van der Waals surface area contributed by atoms with E-state index in [1.165, 1.54) is 18.2 Å². The lowest BCUT2D eigenvalue weighted by Crippen LogP contribution is -2.21. The number of anilines is 1. The van der Waals surface area contributed by atoms with Crippen LogP contribution in [0.1, 0.15) is 5.56 Å². The molecular formula is C21H15F3N4O. The quantitative estimate of drug-likeness (QED) is 0.541. The smallest absolute Gasteiger partial charge is 0.324 e. The lowest BCUT2D eigenvalue weighted by atomic mass is 10.1. The van der Waals surface area contributed by atoms with Crippen molar-refractivity contribution >= 4 is 22.6 Å². The molecule has 0 fully saturated rings. The van der Waals surface area contributed by atoms with Crippen molar-refractivity contribution < 1.29 is 18.0 Å². The second-order valence-corrected chi connectivity index (χ2v) is 6.34. The van der Waals surface area contributed by atoms with Crippen molar-refractivity contribution in [2.45, 2.75) is 12.7 Å². The molecule has 0 atom stereocenters. The van der Waals surface area contributed by atoms with E-state index in [0.717, 1.165) is 11.6 Å². The molecule has 8 heteroatoms. The highest BCUT2D eigenvalue weighted by Gasteiger charge is 2.33. The van der Waals surface area contributed by atoms with Gasteiger partial charge in [0.1, 0.15) is 12.4 Å². The maximum atomic E-state index is 13.2. The van der Waals surface area contributed by atoms with E-state index in [2.05, 4.69) is 15.3 Å². The predicted octanol–water partition coefficient (Wildman–Crippen LogP) is 4.76. The van der Waals surface area contributed by atoms with Gasteiger partial charge in [-0.15, -0.1) is 0 Å². The Morgan fingerprint density at radius 3 is 2.41 bits per heavy atom. The summed E-state index contributed by atoms with van der Waals surface area (Å²) in [6, 6.07) is 15.7. The second-order valence-electron chi connectivity index (χ2n) is 6.34. The summed E-state index contributed by atoms with van der Waals surface area (Å²) in [5.41, 5.74) is 0.971. The number of fused-ring (bicyclic) bond motifs is 1. The minimum atomic E-state index is -4.56. The molecule has 2 aromatic carbocycles. The maximum Gasteiger partial charge on any atom is 0.418 e. The number of halogens is 3. The Labute approximate surface area is 163 Å². The number of amides is 1. The molecule has 2 heterocycles. The molecular weight excluding hydrogens is 381 g/mol. The first-order chi connectivity index (χ1) is 13.9. The SMILES string of the molecule is O=C(Cn1c(-c2ccncc2)nc2ccccc21)Nc1ccccc1C(F)(F)F. The molecule has 0 saturated heterocycles. The number of carbonyl (C=O) groups excluding carboxylic acids is 1. The van der Waals surface area contributed by atoms with Gasteiger partial charge >= 0.3 is 6.18 Å². The summed E-state index contributed by atoms with van der Waals surface area (Å²) >= 11 is 0. The van der Waals surface area contributed by atoms with Crippen molar-refractivity contribution in [2.75, 3.05) is 5.32 Å². The van der Waals surface area contributed by atoms with Gasteiger partial charge in [0.05, 0.1) is 22.3 Å². The number of aromatic nitrogens is 3. The van der Waals surface area contributed by atoms with E-state index >= 15 is 0 Å². The number of nitrogens with one attached hydrogen (secondary N) is 1. The molecule has 0 spiro atoms. The molecule has 0 unspecified atom stereocenters. The van der Waals surface area contributed by atoms with Crippen molar-refractivity contribution in [3.05, 3.63) is 78.6 Å². The highest BCUT2D eigenvalue weighted by molar-refractivity contribution is 5.93. The molecule has 5 nitrogen and oxygen atoms in total. The van der Waals surface area contributed by atoms with E-state index in [0.29, 0.717) is 16.9 Å². The summed E-state index contributed by atoms with van der Waals surface area (Å²) in [6.45, 7) is -0.190. The van der Waals surface area contributed by atoms with Gasteiger partial charge in [0, 0.05) is 18.0 Å². The molecule has 1 N–H and O–H groups in total. The van der Waals surface area contributed by atoms with E-state index in [4.69, 9.17) is 0 Å². The van der Waals surface area contributed by atoms with Gasteiger partial charge in [0.2, 0.25) is 5.91 Å². The zero-order valence-corrected chi connectivity index (χ0v) is 15.0. The minimum Gasteiger partial charge on any atom is -0.324 e. The van der Waals surface area contributed by atoms with Crippen molar-refractivity contribution in [2.24, 2.45) is 0 Å². The lowest BCUT2D eigenvalue weighted by Gasteiger charge is -2.14. The number of rotatable bonds is 4. The molecule has 0 aliphatic carbocycles. The van der Waals surface area contributed by atoms with Gasteiger partial charge in [0.15, 0.2) is 0 Å². The number of benzene rings is 2. The first-order valence-corrected chi connectivity index (χ1v) is 8.75. The third-order valence-corrected chi connectivity index (χ3v) is 4.40. The third kappa shape index (κ3) is 3.82. The van der Waals surface area contributed by atoms with Gasteiger partial charge in [-0.3, -0.25) is 9.78 Å². The lowest BCUT2D eigenvalue weighted by molar-refractivity contribution is -0.137. The number of nitrogens with zero attached hydrogens (tertiary/aromatic N) is 3. The maximum absolute atomic E-state index is 13.2. The Bertz CT molecular complexity index is 1170. The predicted molar refractivity (Wildman–Crippen MR) is 103 cm³/mol. The standard InChI is InChI=1S/C21H15F3N4O/c22-21(23,24)15-5-1-2-6-16(15)26-19(29)13-28-18-8-4-3-7-17(18)27-20(28)14-9-11-25-12-10-14/h1-12H,13H2,(H,26,29). The fourth-order valence-electron chi connectivity index (χ4n) is 3.13. The van der Waals surface area contributed by atoms with E-state index in [1.807, 2.05) is 24.3 Å². The average Bonchev–Trinajstić information content (AvgIpc) is 3.07. The van der Waals surface area contributed by atoms with Crippen molar-refractivity contribution in [3.63, 3.8) is 0 Å². The third-order valence-electron chi connectivity index (χ3n) is 4.40. The van der Waals surface area contributed by atoms with Crippen molar-refractivity contribution in [3.8, 4) is 11.4 Å². The van der Waals surface area contributed by atoms with Crippen molar-refractivity contribution in [1.82, 2.24) is 14.5 Å². The summed E-state index contributed by atoms with van der Waals surface area (Å²) in [6.07, 6.45) is -1.34. The van der Waals surface area contributed by atoms with Gasteiger partial charge in [-0.2, -0.15) is 13.2 Å². The highest BCUT2D eigenvalue weighted by Crippen LogP contribution is 2.34. The first-order valence-electron chi connectivity index (χ1n) is 8.75. The second kappa shape index (κ2) is 7.38. The van der Waals surface area contributed by atoms with Crippen LogP contribution in [-0.4, -0.2) is 20.4 Å². The van der Waals surface area contributed by atoms with Crippen LogP contribution in [-0.2, 0) is 17.5 Å². The zero-order valence-electron chi connectivity index (χ0n) is 15.0. The fraction of sp³-hybridized carbons (Fsp3) is 0.0952. The number of imidazole rings is 1. The Morgan fingerprint density at radius 1 is 0.966 bits per heavy atom. The number of alkyl halides is 3. The monoisotopic (exact) mass is 396 g/mol. The fourth-order valence-corrected chi connectivity index (χ4v) is 3.13. The number of hydrogen-bond donors (Lipinski definition) is 1. The summed E-state index contributed by atoms with van der Waals surface area (Å²) in [5.74, 6) is -0.0481. The molecule has 29 heavy (non-hydrogen) atoms. The zero-order chi connectivity index (χ0) is 20.4. The normalized spacial score (nSPS) is 11.6. The molecule has 0 radical (unpaired) electrons. The average molecular weight is 396 g/mol. The van der Waals surface area contributed by atoms with E-state index in [-0.39, 0.29) is 12.2 Å². The summed E-state index contributed by atoms with van der Waals surface area (Å²) in [5, 5.41) is 2.38. The van der Waals surface area contributed by atoms with Gasteiger partial charge in [0.25, 0.3) is 0 Å². The van der Waals surface area contributed by atoms with Crippen LogP contribution in [0.15, 0.2) is 73.1 Å². The van der Waals surface area contributed by atoms with Gasteiger partial charge < -0.3 is 9.88 Å². The Balaban J connectivity index is 1.69. The molecule has 0 saturated carbocycles. The number of hydrogen-bond acceptors (Lipinski definition) is 3. The van der Waals surface area contributed by atoms with Gasteiger partial charge in [-0.1, -0.05) is 24.3 Å². The Kier molecular flexibility index (Phi) is 4.75. The number of para-hydroxylation sites is 3. The minimum absolute atomic E-state index is 0.190. The van der Waals surface area contributed by atoms with E-state index < -0.39 is 17.6 Å². The summed E-state index contributed by atoms with van der Waals surface area (Å²) in [7, 11) is 0. The van der Waals surface area contributed by atoms with Crippen LogP contribution < -0.4 is 5.32 Å². The molecule has 1 amide bonds. The first kappa shape index (κ1) is 18.7. The molecule has 2 aromatic heterocycles. The van der Waals surface area contributed by atoms with E-state index in [1.54, 1.807) is 29.1 Å². The van der Waals surface area contributed by atoms with Gasteiger partial charge in [-0.25, -0.2) is 4.98 Å². The molecule has 4 aromatic rings. The number of carbonyl (C=O) groups is 1. The Morgan fingerprint density at radius 2 is 1.66 bits per heavy atom. The van der Waals surface area contributed by atoms with Gasteiger partial charge in [-0.05, 0) is 36.4 Å². The molecule has 0 bridgehead atoms. The van der Waals surface area contributed by atoms with Crippen LogP contribution in [0.2, 0.25) is 0 Å². The van der Waals surface area contributed by atoms with Crippen LogP contribution in [0.4, 0.5) is 18.9 Å². The molecule has 0 aliphatic rings. The molecule has 0 aliphatic heterocycles. The highest BCUT2D eigenvalue weighted by atomic mass is 19.4. The number of pyridine rings is 1. The summed E-state index contributed by atoms with van der Waals surface area (Å²) < 4.78 is 41.3. The summed E-state index contributed by atoms with van der Waals surface area (Å²) in [4.78, 5) is 21.2. The topological polar surface area (TPSA) is 59.8 Å². The van der Waals surface area contributed by atoms with Crippen LogP contribution in [0.3, 0.4) is 0 Å². The van der Waals surface area contributed by atoms with Crippen molar-refractivity contribution in [1.29, 1.82) is 0 Å².